The first-order valence-corrected chi connectivity index (χ1v) is 12.2. The fraction of sp³-hybridized carbons (Fsp3) is 0.625. The van der Waals surface area contributed by atoms with Crippen molar-refractivity contribution in [3.63, 3.8) is 0 Å². The van der Waals surface area contributed by atoms with Crippen molar-refractivity contribution in [2.75, 3.05) is 30.3 Å². The van der Waals surface area contributed by atoms with Gasteiger partial charge >= 0.3 is 0 Å². The fourth-order valence-corrected chi connectivity index (χ4v) is 5.26. The lowest BCUT2D eigenvalue weighted by atomic mass is 9.99. The molecule has 2 aliphatic rings. The van der Waals surface area contributed by atoms with Gasteiger partial charge in [0.25, 0.3) is 0 Å². The average molecular weight is 469 g/mol. The van der Waals surface area contributed by atoms with E-state index >= 15 is 0 Å². The molecule has 1 aliphatic carbocycles. The van der Waals surface area contributed by atoms with Crippen molar-refractivity contribution in [1.82, 2.24) is 29.5 Å². The van der Waals surface area contributed by atoms with Gasteiger partial charge in [-0.2, -0.15) is 0 Å². The summed E-state index contributed by atoms with van der Waals surface area (Å²) in [6.45, 7) is 10.8. The van der Waals surface area contributed by atoms with Crippen LogP contribution >= 0.6 is 0 Å². The number of anilines is 2. The number of aromatic nitrogens is 6. The van der Waals surface area contributed by atoms with Crippen molar-refractivity contribution >= 4 is 22.9 Å². The zero-order valence-electron chi connectivity index (χ0n) is 20.4. The Kier molecular flexibility index (Phi) is 5.66. The molecule has 0 saturated heterocycles. The first-order chi connectivity index (χ1) is 16.2. The van der Waals surface area contributed by atoms with Crippen molar-refractivity contribution in [3.05, 3.63) is 18.2 Å². The Morgan fingerprint density at radius 2 is 1.97 bits per heavy atom. The lowest BCUT2D eigenvalue weighted by molar-refractivity contribution is -0.0530. The first kappa shape index (κ1) is 22.9. The zero-order valence-corrected chi connectivity index (χ0v) is 20.4. The smallest absolute Gasteiger partial charge is 0.219 e. The van der Waals surface area contributed by atoms with Crippen LogP contribution in [0.25, 0.3) is 22.6 Å². The van der Waals surface area contributed by atoms with E-state index in [2.05, 4.69) is 26.4 Å². The van der Waals surface area contributed by atoms with Crippen LogP contribution in [-0.4, -0.2) is 54.9 Å². The number of nitrogen functional groups attached to an aromatic ring is 1. The molecular weight excluding hydrogens is 435 g/mol. The van der Waals surface area contributed by atoms with Crippen molar-refractivity contribution in [3.8, 4) is 11.4 Å². The Morgan fingerprint density at radius 3 is 2.65 bits per heavy atom. The third kappa shape index (κ3) is 3.97. The maximum atomic E-state index is 15.0. The minimum Gasteiger partial charge on any atom is -0.368 e. The van der Waals surface area contributed by atoms with Crippen LogP contribution in [0.2, 0.25) is 0 Å². The molecule has 1 saturated carbocycles. The largest absolute Gasteiger partial charge is 0.368 e. The molecule has 4 heterocycles. The van der Waals surface area contributed by atoms with Gasteiger partial charge in [-0.05, 0) is 52.4 Å². The predicted octanol–water partition coefficient (Wildman–Crippen LogP) is 3.88. The van der Waals surface area contributed by atoms with Gasteiger partial charge in [0, 0.05) is 32.0 Å². The van der Waals surface area contributed by atoms with E-state index in [0.29, 0.717) is 43.8 Å². The van der Waals surface area contributed by atoms with Crippen LogP contribution in [0.4, 0.5) is 16.2 Å². The molecule has 5 rings (SSSR count). The molecule has 0 spiro atoms. The minimum absolute atomic E-state index is 0.202. The van der Waals surface area contributed by atoms with Gasteiger partial charge in [-0.1, -0.05) is 6.92 Å². The van der Waals surface area contributed by atoms with Gasteiger partial charge in [0.2, 0.25) is 5.95 Å². The number of halogens is 1. The van der Waals surface area contributed by atoms with Gasteiger partial charge in [0.1, 0.15) is 17.1 Å². The normalized spacial score (nSPS) is 23.9. The van der Waals surface area contributed by atoms with Crippen molar-refractivity contribution in [1.29, 1.82) is 0 Å². The molecule has 9 nitrogen and oxygen atoms in total. The number of alkyl halides is 1. The van der Waals surface area contributed by atoms with Crippen LogP contribution in [0.15, 0.2) is 12.4 Å². The second-order valence-electron chi connectivity index (χ2n) is 9.97. The highest BCUT2D eigenvalue weighted by molar-refractivity contribution is 5.86. The van der Waals surface area contributed by atoms with E-state index in [1.807, 2.05) is 20.8 Å². The topological polar surface area (TPSA) is 108 Å². The quantitative estimate of drug-likeness (QED) is 0.581. The maximum Gasteiger partial charge on any atom is 0.219 e. The molecule has 0 amide bonds. The van der Waals surface area contributed by atoms with Gasteiger partial charge in [0.15, 0.2) is 22.8 Å². The van der Waals surface area contributed by atoms with Gasteiger partial charge in [-0.3, -0.25) is 0 Å². The first-order valence-electron chi connectivity index (χ1n) is 12.2. The molecule has 1 aliphatic heterocycles. The Labute approximate surface area is 199 Å². The number of fused-ring (bicyclic) bond motifs is 3. The molecule has 10 heteroatoms. The molecule has 0 bridgehead atoms. The third-order valence-electron chi connectivity index (χ3n) is 7.27. The Bertz CT molecular complexity index is 1190. The molecule has 3 aromatic heterocycles. The summed E-state index contributed by atoms with van der Waals surface area (Å²) in [5.74, 6) is 2.58. The molecule has 2 N–H and O–H groups in total. The number of nitrogens with two attached hydrogens (primary N) is 1. The molecule has 34 heavy (non-hydrogen) atoms. The van der Waals surface area contributed by atoms with E-state index < -0.39 is 11.3 Å². The summed E-state index contributed by atoms with van der Waals surface area (Å²) < 4.78 is 23.1. The van der Waals surface area contributed by atoms with Crippen LogP contribution < -0.4 is 10.6 Å². The SMILES string of the molecule is CCN(CC1CCC(F)(CC)C1)c1nc(-c2cnc(N)nc2)nc2c1nc1n2CCOC1(C)C. The summed E-state index contributed by atoms with van der Waals surface area (Å²) in [4.78, 5) is 25.3. The van der Waals surface area contributed by atoms with Crippen molar-refractivity contribution in [2.24, 2.45) is 5.92 Å². The molecule has 182 valence electrons. The van der Waals surface area contributed by atoms with Crippen molar-refractivity contribution in [2.45, 2.75) is 71.2 Å². The van der Waals surface area contributed by atoms with Crippen LogP contribution in [0.1, 0.15) is 59.2 Å². The average Bonchev–Trinajstić information content (AvgIpc) is 3.39. The number of hydrogen-bond acceptors (Lipinski definition) is 8. The molecular formula is C24H33FN8O. The van der Waals surface area contributed by atoms with E-state index in [1.54, 1.807) is 12.4 Å². The van der Waals surface area contributed by atoms with E-state index in [0.717, 1.165) is 42.3 Å². The highest BCUT2D eigenvalue weighted by Crippen LogP contribution is 2.41. The summed E-state index contributed by atoms with van der Waals surface area (Å²) in [6, 6.07) is 0. The molecule has 2 atom stereocenters. The second kappa shape index (κ2) is 8.41. The summed E-state index contributed by atoms with van der Waals surface area (Å²) >= 11 is 0. The lowest BCUT2D eigenvalue weighted by Crippen LogP contribution is -2.33. The van der Waals surface area contributed by atoms with Gasteiger partial charge < -0.3 is 19.9 Å². The molecule has 2 unspecified atom stereocenters. The highest BCUT2D eigenvalue weighted by Gasteiger charge is 2.39. The monoisotopic (exact) mass is 468 g/mol. The molecule has 0 radical (unpaired) electrons. The summed E-state index contributed by atoms with van der Waals surface area (Å²) in [6.07, 6.45) is 5.95. The standard InChI is InChI=1S/C24H33FN8O/c1-5-24(25)8-7-15(11-24)14-32(6-2)19-17-20(33-9-10-34-23(3,4)21(33)29-17)31-18(30-19)16-12-27-22(26)28-13-16/h12-13,15H,5-11,14H2,1-4H3,(H2,26,27,28). The number of nitrogens with zero attached hydrogens (tertiary/aromatic N) is 7. The number of imidazole rings is 1. The fourth-order valence-electron chi connectivity index (χ4n) is 5.26. The lowest BCUT2D eigenvalue weighted by Gasteiger charge is -2.30. The zero-order chi connectivity index (χ0) is 24.1. The Morgan fingerprint density at radius 1 is 1.21 bits per heavy atom. The van der Waals surface area contributed by atoms with Gasteiger partial charge in [0.05, 0.1) is 12.2 Å². The van der Waals surface area contributed by atoms with Crippen LogP contribution in [0, 0.1) is 5.92 Å². The predicted molar refractivity (Wildman–Crippen MR) is 129 cm³/mol. The Balaban J connectivity index is 1.62. The highest BCUT2D eigenvalue weighted by atomic mass is 19.1. The van der Waals surface area contributed by atoms with E-state index in [1.165, 1.54) is 0 Å². The number of ether oxygens (including phenoxy) is 1. The number of rotatable bonds is 6. The van der Waals surface area contributed by atoms with Crippen LogP contribution in [-0.2, 0) is 16.9 Å². The van der Waals surface area contributed by atoms with E-state index in [9.17, 15) is 4.39 Å². The van der Waals surface area contributed by atoms with E-state index in [4.69, 9.17) is 25.4 Å². The second-order valence-corrected chi connectivity index (χ2v) is 9.97. The number of hydrogen-bond donors (Lipinski definition) is 1. The summed E-state index contributed by atoms with van der Waals surface area (Å²) in [5, 5.41) is 0. The van der Waals surface area contributed by atoms with Crippen LogP contribution in [0.3, 0.4) is 0 Å². The molecule has 0 aromatic carbocycles. The van der Waals surface area contributed by atoms with Crippen molar-refractivity contribution < 1.29 is 9.13 Å². The molecule has 3 aromatic rings. The van der Waals surface area contributed by atoms with E-state index in [-0.39, 0.29) is 11.9 Å². The minimum atomic E-state index is -1.05. The summed E-state index contributed by atoms with van der Waals surface area (Å²) in [7, 11) is 0. The molecule has 1 fully saturated rings. The van der Waals surface area contributed by atoms with Gasteiger partial charge in [-0.15, -0.1) is 0 Å². The summed E-state index contributed by atoms with van der Waals surface area (Å²) in [5.41, 5.74) is 6.31. The third-order valence-corrected chi connectivity index (χ3v) is 7.27. The van der Waals surface area contributed by atoms with Gasteiger partial charge in [-0.25, -0.2) is 29.3 Å². The maximum absolute atomic E-state index is 15.0. The Hall–Kier alpha value is -2.88. The van der Waals surface area contributed by atoms with Crippen LogP contribution in [0.5, 0.6) is 0 Å².